The molecule has 0 atom stereocenters. The number of para-hydroxylation sites is 1. The molecule has 0 spiro atoms. The summed E-state index contributed by atoms with van der Waals surface area (Å²) in [6.45, 7) is 1.72. The molecule has 0 saturated heterocycles. The minimum atomic E-state index is -0.00472. The summed E-state index contributed by atoms with van der Waals surface area (Å²) in [5.41, 5.74) is 2.34. The van der Waals surface area contributed by atoms with Crippen molar-refractivity contribution in [2.75, 3.05) is 13.2 Å². The van der Waals surface area contributed by atoms with Crippen molar-refractivity contribution in [2.45, 2.75) is 25.8 Å². The van der Waals surface area contributed by atoms with Crippen LogP contribution in [0.25, 0.3) is 0 Å². The number of ether oxygens (including phenoxy) is 2. The van der Waals surface area contributed by atoms with Crippen LogP contribution >= 0.6 is 0 Å². The number of hydrogen-bond acceptors (Lipinski definition) is 3. The number of amides is 1. The van der Waals surface area contributed by atoms with Crippen molar-refractivity contribution in [3.63, 3.8) is 0 Å². The lowest BCUT2D eigenvalue weighted by Gasteiger charge is -2.18. The second-order valence-corrected chi connectivity index (χ2v) is 5.58. The zero-order valence-electron chi connectivity index (χ0n) is 13.1. The van der Waals surface area contributed by atoms with Gasteiger partial charge in [0.1, 0.15) is 11.5 Å². The molecule has 1 aliphatic heterocycles. The number of fused-ring (bicyclic) bond motifs is 1. The molecule has 4 heteroatoms. The van der Waals surface area contributed by atoms with Gasteiger partial charge in [-0.3, -0.25) is 4.79 Å². The maximum Gasteiger partial charge on any atom is 0.223 e. The Morgan fingerprint density at radius 3 is 2.91 bits per heavy atom. The van der Waals surface area contributed by atoms with Crippen LogP contribution in [-0.4, -0.2) is 19.1 Å². The van der Waals surface area contributed by atoms with Crippen LogP contribution in [0.5, 0.6) is 11.5 Å². The lowest BCUT2D eigenvalue weighted by Crippen LogP contribution is -2.24. The Bertz CT molecular complexity index is 655. The second kappa shape index (κ2) is 7.68. The number of hydrogen-bond donors (Lipinski definition) is 1. The average Bonchev–Trinajstić information content (AvgIpc) is 2.61. The minimum Gasteiger partial charge on any atom is -0.493 e. The van der Waals surface area contributed by atoms with E-state index in [9.17, 15) is 4.79 Å². The number of rotatable bonds is 6. The molecule has 1 N–H and O–H groups in total. The molecule has 23 heavy (non-hydrogen) atoms. The Labute approximate surface area is 136 Å². The summed E-state index contributed by atoms with van der Waals surface area (Å²) in [4.78, 5) is 11.9. The highest BCUT2D eigenvalue weighted by Crippen LogP contribution is 2.25. The minimum absolute atomic E-state index is 0.00472. The first-order valence-electron chi connectivity index (χ1n) is 8.00. The van der Waals surface area contributed by atoms with Gasteiger partial charge in [-0.15, -0.1) is 0 Å². The Balaban J connectivity index is 1.42. The van der Waals surface area contributed by atoms with Crippen molar-refractivity contribution in [1.82, 2.24) is 5.32 Å². The van der Waals surface area contributed by atoms with Crippen LogP contribution in [0, 0.1) is 0 Å². The number of carbonyl (C=O) groups excluding carboxylic acids is 1. The van der Waals surface area contributed by atoms with Gasteiger partial charge in [-0.25, -0.2) is 0 Å². The van der Waals surface area contributed by atoms with Gasteiger partial charge in [0.15, 0.2) is 0 Å². The average molecular weight is 311 g/mol. The van der Waals surface area contributed by atoms with Gasteiger partial charge >= 0.3 is 0 Å². The molecule has 0 bridgehead atoms. The van der Waals surface area contributed by atoms with Gasteiger partial charge in [0.25, 0.3) is 0 Å². The molecular weight excluding hydrogens is 290 g/mol. The summed E-state index contributed by atoms with van der Waals surface area (Å²) in [5, 5.41) is 2.93. The molecule has 120 valence electrons. The summed E-state index contributed by atoms with van der Waals surface area (Å²) in [6, 6.07) is 15.6. The van der Waals surface area contributed by atoms with Gasteiger partial charge in [-0.1, -0.05) is 30.3 Å². The molecule has 0 fully saturated rings. The van der Waals surface area contributed by atoms with E-state index >= 15 is 0 Å². The number of nitrogens with one attached hydrogen (secondary N) is 1. The molecule has 1 heterocycles. The topological polar surface area (TPSA) is 47.6 Å². The summed E-state index contributed by atoms with van der Waals surface area (Å²) in [6.07, 6.45) is 2.45. The summed E-state index contributed by atoms with van der Waals surface area (Å²) in [7, 11) is 0. The van der Waals surface area contributed by atoms with E-state index in [1.54, 1.807) is 0 Å². The van der Waals surface area contributed by atoms with E-state index in [1.165, 1.54) is 5.56 Å². The Morgan fingerprint density at radius 2 is 2.04 bits per heavy atom. The van der Waals surface area contributed by atoms with Crippen molar-refractivity contribution < 1.29 is 14.3 Å². The maximum atomic E-state index is 11.9. The molecule has 1 aliphatic rings. The van der Waals surface area contributed by atoms with Crippen LogP contribution in [0.3, 0.4) is 0 Å². The third kappa shape index (κ3) is 4.49. The van der Waals surface area contributed by atoms with Crippen molar-refractivity contribution in [3.8, 4) is 11.5 Å². The van der Waals surface area contributed by atoms with Gasteiger partial charge in [0, 0.05) is 6.54 Å². The monoisotopic (exact) mass is 311 g/mol. The van der Waals surface area contributed by atoms with Gasteiger partial charge in [-0.05, 0) is 42.2 Å². The van der Waals surface area contributed by atoms with Crippen LogP contribution in [0.2, 0.25) is 0 Å². The highest BCUT2D eigenvalue weighted by molar-refractivity contribution is 5.76. The van der Waals surface area contributed by atoms with E-state index in [0.29, 0.717) is 19.6 Å². The first kappa shape index (κ1) is 15.4. The van der Waals surface area contributed by atoms with Gasteiger partial charge in [0.2, 0.25) is 5.91 Å². The van der Waals surface area contributed by atoms with Crippen molar-refractivity contribution >= 4 is 5.91 Å². The molecule has 0 aliphatic carbocycles. The van der Waals surface area contributed by atoms with Crippen LogP contribution in [0.15, 0.2) is 48.5 Å². The summed E-state index contributed by atoms with van der Waals surface area (Å²) < 4.78 is 11.1. The van der Waals surface area contributed by atoms with Crippen molar-refractivity contribution in [3.05, 3.63) is 59.7 Å². The van der Waals surface area contributed by atoms with E-state index < -0.39 is 0 Å². The molecule has 4 nitrogen and oxygen atoms in total. The van der Waals surface area contributed by atoms with Crippen LogP contribution in [0.1, 0.15) is 24.0 Å². The molecule has 3 rings (SSSR count). The van der Waals surface area contributed by atoms with Crippen LogP contribution in [0.4, 0.5) is 0 Å². The molecule has 2 aromatic rings. The zero-order chi connectivity index (χ0) is 15.9. The maximum absolute atomic E-state index is 11.9. The zero-order valence-corrected chi connectivity index (χ0v) is 13.1. The quantitative estimate of drug-likeness (QED) is 0.892. The smallest absolute Gasteiger partial charge is 0.223 e. The molecule has 0 unspecified atom stereocenters. The van der Waals surface area contributed by atoms with Gasteiger partial charge in [0.05, 0.1) is 19.6 Å². The standard InChI is InChI=1S/C19H21NO3/c21-19(10-12-22-17-6-2-1-3-7-17)20-14-15-8-9-18-16(13-15)5-4-11-23-18/h1-3,6-9,13H,4-5,10-12,14H2,(H,20,21). The van der Waals surface area contributed by atoms with Crippen molar-refractivity contribution in [1.29, 1.82) is 0 Å². The van der Waals surface area contributed by atoms with E-state index in [-0.39, 0.29) is 5.91 Å². The first-order valence-corrected chi connectivity index (χ1v) is 8.00. The normalized spacial score (nSPS) is 12.9. The fourth-order valence-corrected chi connectivity index (χ4v) is 2.59. The fourth-order valence-electron chi connectivity index (χ4n) is 2.59. The Kier molecular flexibility index (Phi) is 5.14. The Morgan fingerprint density at radius 1 is 1.17 bits per heavy atom. The van der Waals surface area contributed by atoms with Crippen molar-refractivity contribution in [2.24, 2.45) is 0 Å². The summed E-state index contributed by atoms with van der Waals surface area (Å²) >= 11 is 0. The predicted octanol–water partition coefficient (Wildman–Crippen LogP) is 3.10. The lowest BCUT2D eigenvalue weighted by molar-refractivity contribution is -0.121. The largest absolute Gasteiger partial charge is 0.493 e. The third-order valence-corrected chi connectivity index (χ3v) is 3.80. The van der Waals surface area contributed by atoms with E-state index in [0.717, 1.165) is 36.5 Å². The molecule has 2 aromatic carbocycles. The Hall–Kier alpha value is -2.49. The van der Waals surface area contributed by atoms with Gasteiger partial charge < -0.3 is 14.8 Å². The van der Waals surface area contributed by atoms with E-state index in [2.05, 4.69) is 11.4 Å². The number of carbonyl (C=O) groups is 1. The van der Waals surface area contributed by atoms with E-state index in [4.69, 9.17) is 9.47 Å². The lowest BCUT2D eigenvalue weighted by atomic mass is 10.0. The second-order valence-electron chi connectivity index (χ2n) is 5.58. The summed E-state index contributed by atoms with van der Waals surface area (Å²) in [5.74, 6) is 1.76. The number of benzene rings is 2. The first-order chi connectivity index (χ1) is 11.3. The fraction of sp³-hybridized carbons (Fsp3) is 0.316. The molecule has 1 amide bonds. The predicted molar refractivity (Wildman–Crippen MR) is 88.7 cm³/mol. The van der Waals surface area contributed by atoms with Crippen LogP contribution in [-0.2, 0) is 17.8 Å². The number of aryl methyl sites for hydroxylation is 1. The highest BCUT2D eigenvalue weighted by atomic mass is 16.5. The highest BCUT2D eigenvalue weighted by Gasteiger charge is 2.10. The molecule has 0 saturated carbocycles. The van der Waals surface area contributed by atoms with Gasteiger partial charge in [-0.2, -0.15) is 0 Å². The molecule has 0 radical (unpaired) electrons. The van der Waals surface area contributed by atoms with E-state index in [1.807, 2.05) is 42.5 Å². The SMILES string of the molecule is O=C(CCOc1ccccc1)NCc1ccc2c(c1)CCCO2. The molecular formula is C19H21NO3. The molecule has 0 aromatic heterocycles. The third-order valence-electron chi connectivity index (χ3n) is 3.80. The van der Waals surface area contributed by atoms with Crippen LogP contribution < -0.4 is 14.8 Å².